The molecule has 1 unspecified atom stereocenters. The van der Waals surface area contributed by atoms with Crippen molar-refractivity contribution in [3.63, 3.8) is 0 Å². The number of carboxylic acids is 1. The summed E-state index contributed by atoms with van der Waals surface area (Å²) in [6.07, 6.45) is -9.90. The maximum Gasteiger partial charge on any atom is 0.354 e. The number of phenolic OH excluding ortho intramolecular Hbond substituents is 3. The summed E-state index contributed by atoms with van der Waals surface area (Å²) in [5, 5.41) is 154. The number of piperidine rings is 1. The second-order valence-corrected chi connectivity index (χ2v) is 20.7. The molecule has 79 heavy (non-hydrogen) atoms. The van der Waals surface area contributed by atoms with Crippen LogP contribution in [-0.4, -0.2) is 175 Å². The molecular formula is C54H57N3O22. The van der Waals surface area contributed by atoms with Crippen LogP contribution in [0.5, 0.6) is 23.0 Å². The van der Waals surface area contributed by atoms with Gasteiger partial charge in [0, 0.05) is 90.9 Å². The lowest BCUT2D eigenvalue weighted by molar-refractivity contribution is -0.432. The Bertz CT molecular complexity index is 3340. The molecule has 0 saturated carbocycles. The molecule has 3 saturated heterocycles. The Kier molecular flexibility index (Phi) is 14.1. The van der Waals surface area contributed by atoms with Crippen LogP contribution >= 0.6 is 0 Å². The van der Waals surface area contributed by atoms with Gasteiger partial charge in [-0.25, -0.2) is 9.59 Å². The normalized spacial score (nSPS) is 33.1. The number of ether oxygens (including phenoxy) is 4. The Morgan fingerprint density at radius 2 is 1.73 bits per heavy atom. The number of aliphatic hydroxyl groups excluding tert-OH is 7. The Labute approximate surface area is 446 Å². The summed E-state index contributed by atoms with van der Waals surface area (Å²) in [6, 6.07) is 7.79. The molecule has 2 spiro atoms. The van der Waals surface area contributed by atoms with Crippen LogP contribution in [0.4, 0.5) is 0 Å². The molecule has 25 heteroatoms. The number of rotatable bonds is 12. The van der Waals surface area contributed by atoms with E-state index in [1.807, 2.05) is 18.9 Å². The van der Waals surface area contributed by atoms with Gasteiger partial charge >= 0.3 is 11.9 Å². The fourth-order valence-corrected chi connectivity index (χ4v) is 11.5. The number of hydrogen-bond donors (Lipinski definition) is 16. The molecular weight excluding hydrogens is 1040 g/mol. The molecule has 0 amide bonds. The molecule has 2 aromatic carbocycles. The van der Waals surface area contributed by atoms with Crippen LogP contribution < -0.4 is 20.8 Å². The SMILES string of the molecule is C[C@@H]1CCNC2NC=C([C@H]3C=C(Cc4ccc[nH]4)[C@]4(Oc5cc6oc(-c7cc(O)c(O)c(CCO)c7)cc(=O)c6c(O)c53)O[C@@]3(CC#C[C@]5(C(=O)O)O[C@](C[C@H](CO)CC=O)(OC3=O)[C@H](O)[C@@H](O)C5(O)O)[C@@H](O)[C@H](O)[C@H]4O)C=C21. The number of aromatic amines is 1. The number of aromatic hydroxyl groups is 3. The van der Waals surface area contributed by atoms with Crippen LogP contribution in [0.25, 0.3) is 22.3 Å². The van der Waals surface area contributed by atoms with E-state index in [0.717, 1.165) is 30.2 Å². The number of aldehydes is 1. The number of benzene rings is 2. The van der Waals surface area contributed by atoms with Crippen molar-refractivity contribution in [1.82, 2.24) is 15.6 Å². The lowest BCUT2D eigenvalue weighted by atomic mass is 9.77. The predicted molar refractivity (Wildman–Crippen MR) is 267 cm³/mol. The van der Waals surface area contributed by atoms with Crippen molar-refractivity contribution in [3.8, 4) is 46.2 Å². The molecule has 13 atom stereocenters. The number of hydrogen-bond acceptors (Lipinski definition) is 23. The zero-order valence-corrected chi connectivity index (χ0v) is 41.9. The lowest BCUT2D eigenvalue weighted by Gasteiger charge is -2.55. The number of aromatic nitrogens is 1. The van der Waals surface area contributed by atoms with E-state index in [2.05, 4.69) is 21.5 Å². The number of carboxylic acid groups (broad SMARTS) is 1. The fourth-order valence-electron chi connectivity index (χ4n) is 11.5. The third-order valence-electron chi connectivity index (χ3n) is 15.8. The molecule has 16 N–H and O–H groups in total. The van der Waals surface area contributed by atoms with Gasteiger partial charge in [-0.2, -0.15) is 0 Å². The minimum Gasteiger partial charge on any atom is -0.507 e. The van der Waals surface area contributed by atoms with Gasteiger partial charge in [0.15, 0.2) is 29.1 Å². The zero-order valence-electron chi connectivity index (χ0n) is 41.9. The predicted octanol–water partition coefficient (Wildman–Crippen LogP) is -1.51. The molecule has 0 aliphatic carbocycles. The first-order valence-corrected chi connectivity index (χ1v) is 25.2. The van der Waals surface area contributed by atoms with Crippen LogP contribution in [-0.2, 0) is 41.4 Å². The van der Waals surface area contributed by atoms with Gasteiger partial charge in [0.2, 0.25) is 17.2 Å². The maximum absolute atomic E-state index is 15.5. The van der Waals surface area contributed by atoms with E-state index in [0.29, 0.717) is 24.1 Å². The van der Waals surface area contributed by atoms with Crippen molar-refractivity contribution in [3.05, 3.63) is 105 Å². The number of phenols is 3. The van der Waals surface area contributed by atoms with Crippen molar-refractivity contribution < 1.29 is 104 Å². The van der Waals surface area contributed by atoms with Crippen molar-refractivity contribution in [1.29, 1.82) is 0 Å². The molecule has 2 aromatic heterocycles. The highest BCUT2D eigenvalue weighted by Crippen LogP contribution is 2.55. The highest BCUT2D eigenvalue weighted by Gasteiger charge is 2.76. The number of nitrogens with one attached hydrogen (secondary N) is 3. The molecule has 2 bridgehead atoms. The number of aliphatic hydroxyl groups is 9. The van der Waals surface area contributed by atoms with E-state index < -0.39 is 155 Å². The molecule has 6 aliphatic rings. The molecule has 4 aromatic rings. The fraction of sp³-hybridized carbons (Fsp3) is 0.444. The van der Waals surface area contributed by atoms with Gasteiger partial charge in [0.1, 0.15) is 52.8 Å². The number of allylic oxidation sites excluding steroid dienone is 3. The summed E-state index contributed by atoms with van der Waals surface area (Å²) in [6.45, 7) is 1.30. The minimum absolute atomic E-state index is 0.000578. The molecule has 8 heterocycles. The molecule has 3 fully saturated rings. The number of fused-ring (bicyclic) bond motifs is 5. The highest BCUT2D eigenvalue weighted by atomic mass is 16.8. The van der Waals surface area contributed by atoms with Crippen LogP contribution in [0.2, 0.25) is 0 Å². The summed E-state index contributed by atoms with van der Waals surface area (Å²) >= 11 is 0. The average Bonchev–Trinajstić information content (AvgIpc) is 3.20. The number of carbonyl (C=O) groups excluding carboxylic acids is 2. The Hall–Kier alpha value is -7.16. The van der Waals surface area contributed by atoms with E-state index in [9.17, 15) is 80.8 Å². The minimum atomic E-state index is -4.04. The van der Waals surface area contributed by atoms with Crippen LogP contribution in [0.15, 0.2) is 86.9 Å². The topological polar surface area (TPSA) is 421 Å². The second kappa shape index (κ2) is 20.2. The van der Waals surface area contributed by atoms with Gasteiger partial charge in [0.05, 0.1) is 12.6 Å². The van der Waals surface area contributed by atoms with Gasteiger partial charge < -0.3 is 105 Å². The van der Waals surface area contributed by atoms with E-state index in [-0.39, 0.29) is 52.9 Å². The zero-order chi connectivity index (χ0) is 56.7. The van der Waals surface area contributed by atoms with E-state index in [4.69, 9.17) is 23.4 Å². The maximum atomic E-state index is 15.5. The first-order chi connectivity index (χ1) is 37.5. The monoisotopic (exact) mass is 1100 g/mol. The van der Waals surface area contributed by atoms with Gasteiger partial charge in [0.25, 0.3) is 11.4 Å². The molecule has 0 radical (unpaired) electrons. The average molecular weight is 1100 g/mol. The second-order valence-electron chi connectivity index (χ2n) is 20.7. The number of carbonyl (C=O) groups is 3. The smallest absolute Gasteiger partial charge is 0.354 e. The van der Waals surface area contributed by atoms with E-state index >= 15 is 4.79 Å². The number of esters is 1. The quantitative estimate of drug-likeness (QED) is 0.0192. The Morgan fingerprint density at radius 1 is 0.962 bits per heavy atom. The first kappa shape index (κ1) is 55.2. The van der Waals surface area contributed by atoms with Gasteiger partial charge in [-0.3, -0.25) is 10.1 Å². The Balaban J connectivity index is 1.24. The van der Waals surface area contributed by atoms with Crippen molar-refractivity contribution in [2.45, 2.75) is 117 Å². The summed E-state index contributed by atoms with van der Waals surface area (Å²) < 4.78 is 31.4. The lowest BCUT2D eigenvalue weighted by Crippen LogP contribution is -2.79. The molecule has 6 aliphatic heterocycles. The van der Waals surface area contributed by atoms with Gasteiger partial charge in [-0.15, -0.1) is 0 Å². The van der Waals surface area contributed by atoms with Crippen molar-refractivity contribution >= 4 is 29.2 Å². The van der Waals surface area contributed by atoms with Gasteiger partial charge in [-0.1, -0.05) is 25.0 Å². The largest absolute Gasteiger partial charge is 0.507 e. The molecule has 10 rings (SSSR count). The van der Waals surface area contributed by atoms with Gasteiger partial charge in [-0.05, 0) is 72.6 Å². The highest BCUT2D eigenvalue weighted by molar-refractivity contribution is 5.90. The van der Waals surface area contributed by atoms with E-state index in [1.165, 1.54) is 12.1 Å². The summed E-state index contributed by atoms with van der Waals surface area (Å²) in [5.74, 6) is -15.6. The number of dihydropyridines is 1. The third kappa shape index (κ3) is 8.66. The summed E-state index contributed by atoms with van der Waals surface area (Å²) in [5.41, 5.74) is -6.87. The molecule has 25 nitrogen and oxygen atoms in total. The van der Waals surface area contributed by atoms with Crippen LogP contribution in [0.3, 0.4) is 0 Å². The van der Waals surface area contributed by atoms with Crippen LogP contribution in [0, 0.1) is 23.7 Å². The number of H-pyrrole nitrogens is 1. The van der Waals surface area contributed by atoms with Crippen molar-refractivity contribution in [2.24, 2.45) is 11.8 Å². The van der Waals surface area contributed by atoms with Crippen LogP contribution in [0.1, 0.15) is 55.3 Å². The Morgan fingerprint density at radius 3 is 2.43 bits per heavy atom. The standard InChI is InChI=1S/C54H57N3O22/c1-24-5-11-56-47-31(24)15-28(22-57-47)32-18-29(17-30-4-2-10-55-30)53(76-37-20-36-39(41(64)38(32)37)33(61)19-35(75-36)27-14-26(7-13-59)40(63)34(62)16-27)44(67)42(65)43(66)50(78-53)8-3-9-51(48(70)71)54(73,74)46(69)45(68)52(79-51,77-49(50)72)21-25(23-60)6-12-58/h2,4,10,12,14-16,18-20,22,24-25,32,42-47,55-57,59-60,62-69,73-74H,5-8,11,13,17,21,23H2,1H3,(H,70,71)/t24-,25-,32-,42+,43+,44-,45-,46-,47?,50+,51-,52+,53+/m1/s1. The number of aliphatic carboxylic acids is 1. The van der Waals surface area contributed by atoms with Crippen molar-refractivity contribution in [2.75, 3.05) is 19.8 Å². The summed E-state index contributed by atoms with van der Waals surface area (Å²) in [7, 11) is 0. The molecule has 420 valence electrons. The third-order valence-corrected chi connectivity index (χ3v) is 15.8. The first-order valence-electron chi connectivity index (χ1n) is 25.2. The summed E-state index contributed by atoms with van der Waals surface area (Å²) in [4.78, 5) is 58.0. The van der Waals surface area contributed by atoms with E-state index in [1.54, 1.807) is 24.5 Å².